The topological polar surface area (TPSA) is 158 Å². The van der Waals surface area contributed by atoms with Crippen molar-refractivity contribution < 1.29 is 57.2 Å². The van der Waals surface area contributed by atoms with Gasteiger partial charge in [-0.3, -0.25) is 0 Å². The van der Waals surface area contributed by atoms with Crippen LogP contribution in [0.2, 0.25) is 0 Å². The van der Waals surface area contributed by atoms with Crippen LogP contribution in [0.1, 0.15) is 112 Å². The Bertz CT molecular complexity index is 3200. The van der Waals surface area contributed by atoms with Crippen LogP contribution >= 0.6 is 0 Å². The van der Waals surface area contributed by atoms with E-state index < -0.39 is 35.8 Å². The molecular formula is C68H68O12. The van der Waals surface area contributed by atoms with E-state index in [-0.39, 0.29) is 11.8 Å². The molecule has 0 unspecified atom stereocenters. The van der Waals surface area contributed by atoms with Crippen LogP contribution < -0.4 is 28.4 Å². The fourth-order valence-corrected chi connectivity index (χ4v) is 9.68. The zero-order valence-electron chi connectivity index (χ0n) is 47.7. The molecule has 6 rings (SSSR count). The van der Waals surface area contributed by atoms with Gasteiger partial charge in [0.1, 0.15) is 34.5 Å². The van der Waals surface area contributed by atoms with E-state index in [0.29, 0.717) is 34.5 Å². The first kappa shape index (κ1) is 61.4. The molecule has 0 atom stereocenters. The predicted octanol–water partition coefficient (Wildman–Crippen LogP) is 14.0. The van der Waals surface area contributed by atoms with Gasteiger partial charge >= 0.3 is 35.8 Å². The van der Waals surface area contributed by atoms with Crippen LogP contribution in [0.4, 0.5) is 0 Å². The minimum atomic E-state index is -0.529. The molecule has 6 aromatic rings. The van der Waals surface area contributed by atoms with Crippen molar-refractivity contribution in [3.05, 3.63) is 249 Å². The van der Waals surface area contributed by atoms with Crippen LogP contribution in [-0.4, -0.2) is 35.8 Å². The van der Waals surface area contributed by atoms with Crippen molar-refractivity contribution in [2.75, 3.05) is 0 Å². The van der Waals surface area contributed by atoms with E-state index in [1.165, 1.54) is 0 Å². The highest BCUT2D eigenvalue weighted by molar-refractivity contribution is 5.86. The third-order valence-electron chi connectivity index (χ3n) is 13.2. The Morgan fingerprint density at radius 3 is 0.688 bits per heavy atom. The molecule has 0 spiro atoms. The largest absolute Gasteiger partial charge is 0.423 e. The molecule has 0 amide bonds. The lowest BCUT2D eigenvalue weighted by Crippen LogP contribution is -2.12. The van der Waals surface area contributed by atoms with Crippen molar-refractivity contribution in [2.45, 2.75) is 94.9 Å². The van der Waals surface area contributed by atoms with Crippen LogP contribution in [0.3, 0.4) is 0 Å². The zero-order chi connectivity index (χ0) is 59.4. The summed E-state index contributed by atoms with van der Waals surface area (Å²) in [4.78, 5) is 71.5. The summed E-state index contributed by atoms with van der Waals surface area (Å²) in [5, 5.41) is 0. The Labute approximate surface area is 469 Å². The van der Waals surface area contributed by atoms with Gasteiger partial charge < -0.3 is 28.4 Å². The van der Waals surface area contributed by atoms with Crippen molar-refractivity contribution >= 4 is 35.8 Å². The molecular weight excluding hydrogens is 1010 g/mol. The first-order valence-electron chi connectivity index (χ1n) is 25.5. The molecule has 0 aliphatic rings. The first-order chi connectivity index (χ1) is 37.8. The normalized spacial score (nSPS) is 10.6. The van der Waals surface area contributed by atoms with Crippen LogP contribution in [-0.2, 0) is 28.8 Å². The van der Waals surface area contributed by atoms with E-state index in [0.717, 1.165) is 137 Å². The molecule has 412 valence electrons. The summed E-state index contributed by atoms with van der Waals surface area (Å²) < 4.78 is 32.9. The standard InChI is InChI=1S/2C34H34O6/c1-10-30(35)38-28-17-19(4)26(15-21(28)6)33(25-13-23(8)34(24(9)14-25)40-32(37)12-3)27-16-22(7)29(18-20(27)5)39-31(36)11-2;1-10-28(35)38-32-19(4)13-25(14-20(32)5)31(26-15-21(6)33(22(7)16-26)39-29(36)11-2)27-17-23(8)34(24(9)18-27)40-30(37)12-3/h10-18,33H,1-3H2,4-9H3;10-18,31H,1-3H2,4-9H3. The third-order valence-corrected chi connectivity index (χ3v) is 13.2. The molecule has 0 N–H and O–H groups in total. The summed E-state index contributed by atoms with van der Waals surface area (Å²) in [6, 6.07) is 23.7. The van der Waals surface area contributed by atoms with Gasteiger partial charge in [-0.05, 0) is 195 Å². The van der Waals surface area contributed by atoms with Gasteiger partial charge in [-0.2, -0.15) is 0 Å². The molecule has 0 radical (unpaired) electrons. The summed E-state index contributed by atoms with van der Waals surface area (Å²) in [5.41, 5.74) is 15.7. The fourth-order valence-electron chi connectivity index (χ4n) is 9.68. The number of hydrogen-bond donors (Lipinski definition) is 0. The highest BCUT2D eigenvalue weighted by Crippen LogP contribution is 2.44. The molecule has 12 heteroatoms. The SMILES string of the molecule is C=CC(=O)Oc1c(C)cc(C(c2cc(C)c(OC(=O)C=C)c(C)c2)c2cc(C)c(OC(=O)C=C)c(C)c2)cc1C.C=CC(=O)Oc1cc(C)c(C(c2cc(C)c(OC(=O)C=C)c(C)c2)c2cc(C)c(OC(=O)C=C)cc2C)cc1C. The molecule has 0 aliphatic heterocycles. The van der Waals surface area contributed by atoms with Gasteiger partial charge in [0.2, 0.25) is 0 Å². The van der Waals surface area contributed by atoms with Crippen molar-refractivity contribution in [1.82, 2.24) is 0 Å². The molecule has 12 nitrogen and oxygen atoms in total. The first-order valence-corrected chi connectivity index (χ1v) is 25.5. The quantitative estimate of drug-likeness (QED) is 0.0348. The number of carbonyl (C=O) groups is 6. The number of aryl methyl sites for hydroxylation is 12. The Kier molecular flexibility index (Phi) is 20.6. The summed E-state index contributed by atoms with van der Waals surface area (Å²) >= 11 is 0. The maximum atomic E-state index is 11.9. The second-order valence-electron chi connectivity index (χ2n) is 19.5. The van der Waals surface area contributed by atoms with Crippen LogP contribution in [0, 0.1) is 83.1 Å². The van der Waals surface area contributed by atoms with Gasteiger partial charge in [0.15, 0.2) is 0 Å². The minimum absolute atomic E-state index is 0.243. The van der Waals surface area contributed by atoms with Gasteiger partial charge in [0, 0.05) is 48.3 Å². The van der Waals surface area contributed by atoms with Crippen molar-refractivity contribution in [1.29, 1.82) is 0 Å². The van der Waals surface area contributed by atoms with Crippen molar-refractivity contribution in [2.24, 2.45) is 0 Å². The summed E-state index contributed by atoms with van der Waals surface area (Å²) in [5.74, 6) is -0.760. The van der Waals surface area contributed by atoms with E-state index >= 15 is 0 Å². The van der Waals surface area contributed by atoms with Gasteiger partial charge in [-0.25, -0.2) is 28.8 Å². The molecule has 0 bridgehead atoms. The van der Waals surface area contributed by atoms with Gasteiger partial charge in [-0.1, -0.05) is 100 Å². The Morgan fingerprint density at radius 2 is 0.475 bits per heavy atom. The Hall–Kier alpha value is -9.42. The van der Waals surface area contributed by atoms with E-state index in [1.807, 2.05) is 156 Å². The molecule has 6 aromatic carbocycles. The lowest BCUT2D eigenvalue weighted by Gasteiger charge is -2.26. The second-order valence-corrected chi connectivity index (χ2v) is 19.5. The van der Waals surface area contributed by atoms with Crippen LogP contribution in [0.25, 0.3) is 0 Å². The monoisotopic (exact) mass is 1080 g/mol. The minimum Gasteiger partial charge on any atom is -0.423 e. The second kappa shape index (κ2) is 26.8. The smallest absolute Gasteiger partial charge is 0.335 e. The van der Waals surface area contributed by atoms with Gasteiger partial charge in [0.25, 0.3) is 0 Å². The maximum Gasteiger partial charge on any atom is 0.335 e. The van der Waals surface area contributed by atoms with Crippen molar-refractivity contribution in [3.63, 3.8) is 0 Å². The number of esters is 6. The molecule has 0 fully saturated rings. The van der Waals surface area contributed by atoms with Crippen LogP contribution in [0.15, 0.2) is 149 Å². The Balaban J connectivity index is 0.000000294. The number of benzene rings is 6. The summed E-state index contributed by atoms with van der Waals surface area (Å²) in [7, 11) is 0. The maximum absolute atomic E-state index is 11.9. The molecule has 0 saturated heterocycles. The molecule has 80 heavy (non-hydrogen) atoms. The highest BCUT2D eigenvalue weighted by atomic mass is 16.6. The average molecular weight is 1080 g/mol. The van der Waals surface area contributed by atoms with E-state index in [1.54, 1.807) is 0 Å². The molecule has 0 aromatic heterocycles. The van der Waals surface area contributed by atoms with Crippen LogP contribution in [0.5, 0.6) is 34.5 Å². The number of hydrogen-bond acceptors (Lipinski definition) is 12. The Morgan fingerprint density at radius 1 is 0.275 bits per heavy atom. The number of carbonyl (C=O) groups excluding carboxylic acids is 6. The van der Waals surface area contributed by atoms with Gasteiger partial charge in [-0.15, -0.1) is 0 Å². The predicted molar refractivity (Wildman–Crippen MR) is 312 cm³/mol. The lowest BCUT2D eigenvalue weighted by molar-refractivity contribution is -0.129. The lowest BCUT2D eigenvalue weighted by atomic mass is 9.79. The number of rotatable bonds is 18. The molecule has 0 saturated carbocycles. The fraction of sp³-hybridized carbons (Fsp3) is 0.206. The average Bonchev–Trinajstić information content (AvgIpc) is 3.43. The van der Waals surface area contributed by atoms with Gasteiger partial charge in [0.05, 0.1) is 0 Å². The summed E-state index contributed by atoms with van der Waals surface area (Å²) in [6.07, 6.45) is 6.79. The van der Waals surface area contributed by atoms with E-state index in [9.17, 15) is 28.8 Å². The van der Waals surface area contributed by atoms with E-state index in [4.69, 9.17) is 28.4 Å². The highest BCUT2D eigenvalue weighted by Gasteiger charge is 2.27. The number of ether oxygens (including phenoxy) is 6. The molecule has 0 heterocycles. The van der Waals surface area contributed by atoms with E-state index in [2.05, 4.69) is 39.5 Å². The summed E-state index contributed by atoms with van der Waals surface area (Å²) in [6.45, 7) is 43.8. The third kappa shape index (κ3) is 14.6. The zero-order valence-corrected chi connectivity index (χ0v) is 47.7. The molecule has 0 aliphatic carbocycles. The van der Waals surface area contributed by atoms with Crippen molar-refractivity contribution in [3.8, 4) is 34.5 Å².